The predicted molar refractivity (Wildman–Crippen MR) is 154 cm³/mol. The normalized spacial score (nSPS) is 22.7. The number of ether oxygens (including phenoxy) is 1. The van der Waals surface area contributed by atoms with Gasteiger partial charge in [0.25, 0.3) is 0 Å². The van der Waals surface area contributed by atoms with Gasteiger partial charge in [-0.1, -0.05) is 11.3 Å². The van der Waals surface area contributed by atoms with Crippen molar-refractivity contribution < 1.29 is 32.9 Å². The average molecular weight is 631 g/mol. The van der Waals surface area contributed by atoms with E-state index in [2.05, 4.69) is 25.4 Å². The van der Waals surface area contributed by atoms with Gasteiger partial charge in [-0.25, -0.2) is 32.1 Å². The average Bonchev–Trinajstić information content (AvgIpc) is 3.71. The van der Waals surface area contributed by atoms with E-state index in [1.165, 1.54) is 52.4 Å². The smallest absolute Gasteiger partial charge is 0.232 e. The summed E-state index contributed by atoms with van der Waals surface area (Å²) in [5.41, 5.74) is 1.83. The summed E-state index contributed by atoms with van der Waals surface area (Å²) >= 11 is 1.52. The molecule has 0 bridgehead atoms. The molecule has 4 heterocycles. The van der Waals surface area contributed by atoms with Crippen LogP contribution in [0.4, 0.5) is 10.1 Å². The van der Waals surface area contributed by atoms with Gasteiger partial charge in [-0.2, -0.15) is 5.10 Å². The lowest BCUT2D eigenvalue weighted by Gasteiger charge is -2.41. The molecular formula is C26H27FN8O6S2. The molecule has 1 aliphatic heterocycles. The zero-order valence-corrected chi connectivity index (χ0v) is 24.7. The number of rotatable bonds is 7. The maximum absolute atomic E-state index is 14.9. The number of sulfonamides is 1. The highest BCUT2D eigenvalue weighted by atomic mass is 32.2. The van der Waals surface area contributed by atoms with Gasteiger partial charge < -0.3 is 20.1 Å². The number of aliphatic hydroxyl groups is 3. The molecule has 3 N–H and O–H groups in total. The van der Waals surface area contributed by atoms with Crippen molar-refractivity contribution in [1.29, 1.82) is 0 Å². The van der Waals surface area contributed by atoms with E-state index in [1.807, 2.05) is 25.1 Å². The Bertz CT molecular complexity index is 1910. The standard InChI is InChI=1S/C26H27FN8O6S2/c1-13-30-17-6-5-15(9-21(17)42-13)35-26(28-12-29-35)25-24(38)22(23(37)20(11-36)41-25)34-10-18(31-32-34)14-4-7-19(16(27)8-14)33(2)43(3,39)40/h4-10,12,20,22-25,36-38H,11H2,1-3H3/t20-,22+,23+,24-,25-/m1/s1. The number of benzene rings is 2. The first-order valence-electron chi connectivity index (χ1n) is 13.0. The Morgan fingerprint density at radius 2 is 1.95 bits per heavy atom. The number of halogens is 1. The van der Waals surface area contributed by atoms with Crippen LogP contribution < -0.4 is 4.31 Å². The van der Waals surface area contributed by atoms with Crippen LogP contribution in [0.2, 0.25) is 0 Å². The molecule has 43 heavy (non-hydrogen) atoms. The molecule has 17 heteroatoms. The highest BCUT2D eigenvalue weighted by molar-refractivity contribution is 7.92. The second-order valence-electron chi connectivity index (χ2n) is 10.1. The molecule has 6 rings (SSSR count). The first-order valence-corrected chi connectivity index (χ1v) is 15.7. The highest BCUT2D eigenvalue weighted by Gasteiger charge is 2.48. The lowest BCUT2D eigenvalue weighted by Crippen LogP contribution is -2.53. The van der Waals surface area contributed by atoms with Gasteiger partial charge in [0.2, 0.25) is 10.0 Å². The van der Waals surface area contributed by atoms with E-state index in [0.29, 0.717) is 5.69 Å². The minimum Gasteiger partial charge on any atom is -0.394 e. The van der Waals surface area contributed by atoms with Crippen molar-refractivity contribution in [3.05, 3.63) is 65.6 Å². The van der Waals surface area contributed by atoms with Crippen LogP contribution in [0.5, 0.6) is 0 Å². The van der Waals surface area contributed by atoms with E-state index in [9.17, 15) is 28.1 Å². The molecular weight excluding hydrogens is 603 g/mol. The Morgan fingerprint density at radius 1 is 1.16 bits per heavy atom. The molecule has 0 unspecified atom stereocenters. The summed E-state index contributed by atoms with van der Waals surface area (Å²) in [4.78, 5) is 8.81. The molecule has 0 saturated carbocycles. The molecule has 0 spiro atoms. The van der Waals surface area contributed by atoms with E-state index in [1.54, 1.807) is 0 Å². The largest absolute Gasteiger partial charge is 0.394 e. The van der Waals surface area contributed by atoms with Gasteiger partial charge in [0.05, 0.1) is 45.7 Å². The molecule has 0 amide bonds. The predicted octanol–water partition coefficient (Wildman–Crippen LogP) is 1.37. The van der Waals surface area contributed by atoms with Crippen molar-refractivity contribution in [3.8, 4) is 16.9 Å². The fourth-order valence-electron chi connectivity index (χ4n) is 5.09. The van der Waals surface area contributed by atoms with Crippen LogP contribution in [-0.4, -0.2) is 96.7 Å². The summed E-state index contributed by atoms with van der Waals surface area (Å²) in [6, 6.07) is 8.32. The zero-order valence-electron chi connectivity index (χ0n) is 23.1. The maximum atomic E-state index is 14.9. The van der Waals surface area contributed by atoms with Crippen molar-refractivity contribution in [3.63, 3.8) is 0 Å². The molecule has 0 radical (unpaired) electrons. The van der Waals surface area contributed by atoms with E-state index in [-0.39, 0.29) is 22.8 Å². The number of hydrogen-bond acceptors (Lipinski definition) is 12. The lowest BCUT2D eigenvalue weighted by atomic mass is 9.92. The van der Waals surface area contributed by atoms with Crippen LogP contribution in [0.25, 0.3) is 27.2 Å². The number of aliphatic hydroxyl groups excluding tert-OH is 3. The Balaban J connectivity index is 1.32. The summed E-state index contributed by atoms with van der Waals surface area (Å²) in [5.74, 6) is -0.561. The molecule has 0 aliphatic carbocycles. The van der Waals surface area contributed by atoms with Gasteiger partial charge in [-0.15, -0.1) is 16.4 Å². The molecule has 2 aromatic carbocycles. The Kier molecular flexibility index (Phi) is 7.47. The third kappa shape index (κ3) is 5.28. The number of hydrogen-bond donors (Lipinski definition) is 3. The van der Waals surface area contributed by atoms with Gasteiger partial charge in [0.1, 0.15) is 48.3 Å². The minimum absolute atomic E-state index is 0.142. The molecule has 1 fully saturated rings. The van der Waals surface area contributed by atoms with Crippen molar-refractivity contribution in [2.24, 2.45) is 0 Å². The van der Waals surface area contributed by atoms with Crippen LogP contribution >= 0.6 is 11.3 Å². The fourth-order valence-corrected chi connectivity index (χ4v) is 6.45. The van der Waals surface area contributed by atoms with Crippen LogP contribution in [0.3, 0.4) is 0 Å². The summed E-state index contributed by atoms with van der Waals surface area (Å²) in [6.45, 7) is 1.35. The second-order valence-corrected chi connectivity index (χ2v) is 13.4. The van der Waals surface area contributed by atoms with Gasteiger partial charge >= 0.3 is 0 Å². The number of anilines is 1. The number of fused-ring (bicyclic) bond motifs is 1. The minimum atomic E-state index is -3.68. The first-order chi connectivity index (χ1) is 20.5. The zero-order chi connectivity index (χ0) is 30.6. The first kappa shape index (κ1) is 29.2. The van der Waals surface area contributed by atoms with Gasteiger partial charge in [0, 0.05) is 12.6 Å². The molecule has 226 valence electrons. The molecule has 5 atom stereocenters. The summed E-state index contributed by atoms with van der Waals surface area (Å²) in [7, 11) is -2.44. The van der Waals surface area contributed by atoms with Crippen LogP contribution in [0.1, 0.15) is 23.0 Å². The van der Waals surface area contributed by atoms with Crippen molar-refractivity contribution >= 4 is 37.3 Å². The van der Waals surface area contributed by atoms with Crippen LogP contribution in [-0.2, 0) is 14.8 Å². The molecule has 1 saturated heterocycles. The van der Waals surface area contributed by atoms with E-state index in [4.69, 9.17) is 4.74 Å². The van der Waals surface area contributed by atoms with Crippen molar-refractivity contribution in [2.45, 2.75) is 37.4 Å². The molecule has 5 aromatic rings. The third-order valence-electron chi connectivity index (χ3n) is 7.34. The number of nitrogens with zero attached hydrogens (tertiary/aromatic N) is 8. The quantitative estimate of drug-likeness (QED) is 0.236. The monoisotopic (exact) mass is 630 g/mol. The third-order valence-corrected chi connectivity index (χ3v) is 9.47. The Labute approximate surface area is 248 Å². The second kappa shape index (κ2) is 11.0. The van der Waals surface area contributed by atoms with E-state index >= 15 is 0 Å². The maximum Gasteiger partial charge on any atom is 0.232 e. The highest BCUT2D eigenvalue weighted by Crippen LogP contribution is 2.39. The summed E-state index contributed by atoms with van der Waals surface area (Å²) < 4.78 is 49.0. The number of thiazole rings is 1. The molecule has 14 nitrogen and oxygen atoms in total. The summed E-state index contributed by atoms with van der Waals surface area (Å²) in [6.07, 6.45) is -1.39. The topological polar surface area (TPSA) is 182 Å². The molecule has 1 aliphatic rings. The van der Waals surface area contributed by atoms with Crippen molar-refractivity contribution in [2.75, 3.05) is 24.2 Å². The fraction of sp³-hybridized carbons (Fsp3) is 0.346. The van der Waals surface area contributed by atoms with Gasteiger partial charge in [0.15, 0.2) is 5.82 Å². The SMILES string of the molecule is Cc1nc2ccc(-n3ncnc3[C@@H]3O[C@H](CO)[C@H](O)[C@H](n4cc(-c5ccc(N(C)S(C)(=O)=O)c(F)c5)nn4)[C@H]3O)cc2s1. The lowest BCUT2D eigenvalue weighted by molar-refractivity contribution is -0.210. The summed E-state index contributed by atoms with van der Waals surface area (Å²) in [5, 5.41) is 46.0. The Morgan fingerprint density at radius 3 is 2.67 bits per heavy atom. The van der Waals surface area contributed by atoms with Crippen LogP contribution in [0, 0.1) is 12.7 Å². The van der Waals surface area contributed by atoms with Gasteiger partial charge in [-0.05, 0) is 37.3 Å². The number of aromatic nitrogens is 7. The Hall–Kier alpha value is -3.87. The number of aryl methyl sites for hydroxylation is 1. The van der Waals surface area contributed by atoms with Gasteiger partial charge in [-0.3, -0.25) is 4.31 Å². The van der Waals surface area contributed by atoms with Crippen LogP contribution in [0.15, 0.2) is 48.9 Å². The van der Waals surface area contributed by atoms with E-state index in [0.717, 1.165) is 31.9 Å². The molecule has 3 aromatic heterocycles. The van der Waals surface area contributed by atoms with Crippen molar-refractivity contribution in [1.82, 2.24) is 34.7 Å². The van der Waals surface area contributed by atoms with E-state index < -0.39 is 52.9 Å².